The van der Waals surface area contributed by atoms with Crippen LogP contribution in [0.2, 0.25) is 0 Å². The first-order valence-electron chi connectivity index (χ1n) is 10.8. The minimum Gasteiger partial charge on any atom is -0.507 e. The Hall–Kier alpha value is -3.52. The van der Waals surface area contributed by atoms with Crippen molar-refractivity contribution < 1.29 is 34.0 Å². The van der Waals surface area contributed by atoms with E-state index in [2.05, 4.69) is 0 Å². The Morgan fingerprint density at radius 2 is 1.91 bits per heavy atom. The molecule has 1 unspecified atom stereocenters. The molecule has 0 spiro atoms. The van der Waals surface area contributed by atoms with Gasteiger partial charge >= 0.3 is 0 Å². The monoisotopic (exact) mass is 455 g/mol. The summed E-state index contributed by atoms with van der Waals surface area (Å²) in [5, 5.41) is 21.3. The molecule has 8 heteroatoms. The third-order valence-corrected chi connectivity index (χ3v) is 5.15. The van der Waals surface area contributed by atoms with Gasteiger partial charge in [-0.3, -0.25) is 9.59 Å². The normalized spacial score (nSPS) is 17.6. The first kappa shape index (κ1) is 24.1. The van der Waals surface area contributed by atoms with Crippen molar-refractivity contribution in [2.45, 2.75) is 32.9 Å². The van der Waals surface area contributed by atoms with E-state index in [1.165, 1.54) is 18.1 Å². The predicted molar refractivity (Wildman–Crippen MR) is 122 cm³/mol. The Morgan fingerprint density at radius 1 is 1.15 bits per heavy atom. The highest BCUT2D eigenvalue weighted by atomic mass is 16.5. The van der Waals surface area contributed by atoms with Crippen LogP contribution in [0.4, 0.5) is 0 Å². The van der Waals surface area contributed by atoms with E-state index in [0.29, 0.717) is 23.5 Å². The molecule has 0 radical (unpaired) electrons. The Bertz CT molecular complexity index is 1060. The lowest BCUT2D eigenvalue weighted by atomic mass is 9.95. The van der Waals surface area contributed by atoms with Crippen LogP contribution in [0.3, 0.4) is 0 Å². The number of benzene rings is 2. The van der Waals surface area contributed by atoms with Crippen LogP contribution in [0.1, 0.15) is 37.9 Å². The van der Waals surface area contributed by atoms with Crippen molar-refractivity contribution in [3.63, 3.8) is 0 Å². The second-order valence-corrected chi connectivity index (χ2v) is 7.84. The van der Waals surface area contributed by atoms with Crippen molar-refractivity contribution in [2.75, 3.05) is 26.9 Å². The molecule has 0 aliphatic carbocycles. The quantitative estimate of drug-likeness (QED) is 0.338. The molecule has 2 aromatic carbocycles. The van der Waals surface area contributed by atoms with E-state index >= 15 is 0 Å². The number of aromatic hydroxyl groups is 1. The summed E-state index contributed by atoms with van der Waals surface area (Å²) in [6, 6.07) is 10.4. The first-order chi connectivity index (χ1) is 15.8. The Morgan fingerprint density at radius 3 is 2.58 bits per heavy atom. The van der Waals surface area contributed by atoms with Crippen LogP contribution in [0.25, 0.3) is 5.76 Å². The Balaban J connectivity index is 2.16. The van der Waals surface area contributed by atoms with Crippen molar-refractivity contribution >= 4 is 17.4 Å². The highest BCUT2D eigenvalue weighted by molar-refractivity contribution is 6.46. The fourth-order valence-corrected chi connectivity index (χ4v) is 3.76. The molecule has 33 heavy (non-hydrogen) atoms. The van der Waals surface area contributed by atoms with Gasteiger partial charge in [0.2, 0.25) is 0 Å². The van der Waals surface area contributed by atoms with Gasteiger partial charge in [-0.05, 0) is 50.6 Å². The molecule has 1 saturated heterocycles. The SMILES string of the molecule is CCOc1cc(C2/C(=C(/O)c3cccc(OC(C)C)c3)C(=O)C(=O)N2CCOC)ccc1O. The molecule has 1 aliphatic rings. The fraction of sp³-hybridized carbons (Fsp3) is 0.360. The fourth-order valence-electron chi connectivity index (χ4n) is 3.76. The van der Waals surface area contributed by atoms with Gasteiger partial charge < -0.3 is 29.3 Å². The van der Waals surface area contributed by atoms with Crippen LogP contribution >= 0.6 is 0 Å². The van der Waals surface area contributed by atoms with Crippen molar-refractivity contribution in [3.8, 4) is 17.2 Å². The van der Waals surface area contributed by atoms with E-state index in [4.69, 9.17) is 14.2 Å². The zero-order valence-electron chi connectivity index (χ0n) is 19.2. The molecule has 1 aliphatic heterocycles. The number of ether oxygens (including phenoxy) is 3. The standard InChI is InChI=1S/C25H29NO7/c1-5-32-20-14-16(9-10-19(20)27)22-21(24(29)25(30)26(22)11-12-31-4)23(28)17-7-6-8-18(13-17)33-15(2)3/h6-10,13-15,22,27-28H,5,11-12H2,1-4H3/b23-21-. The lowest BCUT2D eigenvalue weighted by Crippen LogP contribution is -2.32. The number of methoxy groups -OCH3 is 1. The van der Waals surface area contributed by atoms with Crippen LogP contribution in [0.15, 0.2) is 48.0 Å². The van der Waals surface area contributed by atoms with Crippen LogP contribution in [-0.4, -0.2) is 59.8 Å². The number of nitrogens with zero attached hydrogens (tertiary/aromatic N) is 1. The first-order valence-corrected chi connectivity index (χ1v) is 10.8. The highest BCUT2D eigenvalue weighted by Crippen LogP contribution is 2.42. The number of hydrogen-bond acceptors (Lipinski definition) is 7. The summed E-state index contributed by atoms with van der Waals surface area (Å²) in [6.45, 7) is 6.22. The average Bonchev–Trinajstić information content (AvgIpc) is 3.03. The van der Waals surface area contributed by atoms with Crippen LogP contribution in [0, 0.1) is 0 Å². The number of phenolic OH excluding ortho intramolecular Hbond substituents is 1. The van der Waals surface area contributed by atoms with E-state index in [1.807, 2.05) is 13.8 Å². The lowest BCUT2D eigenvalue weighted by molar-refractivity contribution is -0.140. The number of carbonyl (C=O) groups excluding carboxylic acids is 2. The van der Waals surface area contributed by atoms with Crippen molar-refractivity contribution in [2.24, 2.45) is 0 Å². The van der Waals surface area contributed by atoms with E-state index in [0.717, 1.165) is 0 Å². The van der Waals surface area contributed by atoms with E-state index in [9.17, 15) is 19.8 Å². The summed E-state index contributed by atoms with van der Waals surface area (Å²) < 4.78 is 16.3. The number of aliphatic hydroxyl groups is 1. The third-order valence-electron chi connectivity index (χ3n) is 5.15. The van der Waals surface area contributed by atoms with Gasteiger partial charge in [0.25, 0.3) is 11.7 Å². The number of ketones is 1. The van der Waals surface area contributed by atoms with E-state index in [1.54, 1.807) is 43.3 Å². The number of phenols is 1. The maximum absolute atomic E-state index is 13.1. The van der Waals surface area contributed by atoms with Gasteiger partial charge in [0, 0.05) is 19.2 Å². The van der Waals surface area contributed by atoms with Crippen molar-refractivity contribution in [1.29, 1.82) is 0 Å². The summed E-state index contributed by atoms with van der Waals surface area (Å²) in [7, 11) is 1.50. The Labute approximate surface area is 193 Å². The minimum absolute atomic E-state index is 0.0501. The molecular weight excluding hydrogens is 426 g/mol. The second-order valence-electron chi connectivity index (χ2n) is 7.84. The zero-order chi connectivity index (χ0) is 24.1. The number of rotatable bonds is 9. The van der Waals surface area contributed by atoms with Crippen molar-refractivity contribution in [3.05, 3.63) is 59.2 Å². The molecule has 176 valence electrons. The van der Waals surface area contributed by atoms with Gasteiger partial charge in [0.1, 0.15) is 11.5 Å². The van der Waals surface area contributed by atoms with E-state index < -0.39 is 17.7 Å². The number of amides is 1. The average molecular weight is 456 g/mol. The molecule has 3 rings (SSSR count). The molecule has 0 saturated carbocycles. The van der Waals surface area contributed by atoms with Crippen LogP contribution in [0.5, 0.6) is 17.2 Å². The third kappa shape index (κ3) is 5.12. The molecule has 8 nitrogen and oxygen atoms in total. The van der Waals surface area contributed by atoms with Gasteiger partial charge in [-0.25, -0.2) is 0 Å². The predicted octanol–water partition coefficient (Wildman–Crippen LogP) is 3.65. The summed E-state index contributed by atoms with van der Waals surface area (Å²) in [5.74, 6) is -1.15. The van der Waals surface area contributed by atoms with Gasteiger partial charge in [-0.15, -0.1) is 0 Å². The summed E-state index contributed by atoms with van der Waals surface area (Å²) in [4.78, 5) is 27.3. The smallest absolute Gasteiger partial charge is 0.295 e. The second kappa shape index (κ2) is 10.4. The van der Waals surface area contributed by atoms with Gasteiger partial charge in [0.05, 0.1) is 30.9 Å². The lowest BCUT2D eigenvalue weighted by Gasteiger charge is -2.25. The Kier molecular flexibility index (Phi) is 7.60. The molecule has 1 fully saturated rings. The van der Waals surface area contributed by atoms with Crippen molar-refractivity contribution in [1.82, 2.24) is 4.90 Å². The molecule has 2 N–H and O–H groups in total. The molecule has 1 heterocycles. The van der Waals surface area contributed by atoms with Gasteiger partial charge in [-0.2, -0.15) is 0 Å². The summed E-state index contributed by atoms with van der Waals surface area (Å²) >= 11 is 0. The highest BCUT2D eigenvalue weighted by Gasteiger charge is 2.46. The number of likely N-dealkylation sites (tertiary alicyclic amines) is 1. The topological polar surface area (TPSA) is 106 Å². The summed E-state index contributed by atoms with van der Waals surface area (Å²) in [5.41, 5.74) is 0.820. The number of aliphatic hydroxyl groups excluding tert-OH is 1. The van der Waals surface area contributed by atoms with Crippen LogP contribution < -0.4 is 9.47 Å². The maximum Gasteiger partial charge on any atom is 0.295 e. The molecular formula is C25H29NO7. The molecule has 0 aromatic heterocycles. The number of hydrogen-bond donors (Lipinski definition) is 2. The largest absolute Gasteiger partial charge is 0.507 e. The van der Waals surface area contributed by atoms with Crippen LogP contribution in [-0.2, 0) is 14.3 Å². The molecule has 1 atom stereocenters. The number of Topliss-reactive ketones (excluding diaryl/α,β-unsaturated/α-hetero) is 1. The van der Waals surface area contributed by atoms with Gasteiger partial charge in [0.15, 0.2) is 11.5 Å². The number of carbonyl (C=O) groups is 2. The molecule has 1 amide bonds. The maximum atomic E-state index is 13.1. The van der Waals surface area contributed by atoms with E-state index in [-0.39, 0.29) is 42.1 Å². The summed E-state index contributed by atoms with van der Waals surface area (Å²) in [6.07, 6.45) is -0.0731. The zero-order valence-corrected chi connectivity index (χ0v) is 19.2. The van der Waals surface area contributed by atoms with Gasteiger partial charge in [-0.1, -0.05) is 18.2 Å². The minimum atomic E-state index is -0.880. The molecule has 2 aromatic rings. The molecule has 0 bridgehead atoms.